The number of nitrogens with one attached hydrogen (secondary N) is 1. The molecule has 0 atom stereocenters. The summed E-state index contributed by atoms with van der Waals surface area (Å²) in [5.41, 5.74) is 1.08. The van der Waals surface area contributed by atoms with Gasteiger partial charge in [0.1, 0.15) is 5.65 Å². The molecule has 1 saturated carbocycles. The SMILES string of the molecule is O=C(Nc1cn(CCO)c2nccc(Br)c12)C1(C2CCCCC2)COC1. The van der Waals surface area contributed by atoms with E-state index in [4.69, 9.17) is 4.74 Å². The van der Waals surface area contributed by atoms with Crippen LogP contribution in [0.4, 0.5) is 5.69 Å². The summed E-state index contributed by atoms with van der Waals surface area (Å²) in [6.07, 6.45) is 9.46. The van der Waals surface area contributed by atoms with Crippen LogP contribution in [0, 0.1) is 11.3 Å². The number of aliphatic hydroxyl groups is 1. The Morgan fingerprint density at radius 2 is 2.15 bits per heavy atom. The van der Waals surface area contributed by atoms with Crippen LogP contribution < -0.4 is 5.32 Å². The van der Waals surface area contributed by atoms with Crippen LogP contribution >= 0.6 is 15.9 Å². The Labute approximate surface area is 161 Å². The first kappa shape index (κ1) is 17.9. The molecule has 3 heterocycles. The molecule has 2 aromatic heterocycles. The fourth-order valence-corrected chi connectivity index (χ4v) is 4.83. The number of hydrogen-bond acceptors (Lipinski definition) is 4. The monoisotopic (exact) mass is 421 g/mol. The number of pyridine rings is 1. The Morgan fingerprint density at radius 1 is 1.38 bits per heavy atom. The standard InChI is InChI=1S/C19H24BrN3O3/c20-14-6-7-21-17-16(14)15(10-23(17)8-9-24)22-18(25)19(11-26-12-19)13-4-2-1-3-5-13/h6-7,10,13,24H,1-5,8-9,11-12H2,(H,22,25). The van der Waals surface area contributed by atoms with Gasteiger partial charge >= 0.3 is 0 Å². The fraction of sp³-hybridized carbons (Fsp3) is 0.579. The summed E-state index contributed by atoms with van der Waals surface area (Å²) < 4.78 is 8.24. The lowest BCUT2D eigenvalue weighted by atomic mass is 9.66. The largest absolute Gasteiger partial charge is 0.395 e. The Morgan fingerprint density at radius 3 is 2.81 bits per heavy atom. The number of hydrogen-bond donors (Lipinski definition) is 2. The second-order valence-corrected chi connectivity index (χ2v) is 8.24. The Hall–Kier alpha value is -1.44. The number of anilines is 1. The second-order valence-electron chi connectivity index (χ2n) is 7.39. The molecule has 0 aromatic carbocycles. The highest BCUT2D eigenvalue weighted by molar-refractivity contribution is 9.10. The van der Waals surface area contributed by atoms with Gasteiger partial charge in [-0.25, -0.2) is 4.98 Å². The van der Waals surface area contributed by atoms with Crippen molar-refractivity contribution < 1.29 is 14.6 Å². The van der Waals surface area contributed by atoms with E-state index in [2.05, 4.69) is 26.2 Å². The fourth-order valence-electron chi connectivity index (χ4n) is 4.33. The molecule has 4 rings (SSSR count). The van der Waals surface area contributed by atoms with Gasteiger partial charge in [-0.2, -0.15) is 0 Å². The maximum atomic E-state index is 13.3. The number of aliphatic hydroxyl groups excluding tert-OH is 1. The van der Waals surface area contributed by atoms with Gasteiger partial charge in [0, 0.05) is 23.4 Å². The molecule has 26 heavy (non-hydrogen) atoms. The van der Waals surface area contributed by atoms with E-state index in [-0.39, 0.29) is 12.5 Å². The van der Waals surface area contributed by atoms with Gasteiger partial charge in [0.05, 0.1) is 36.3 Å². The molecular weight excluding hydrogens is 398 g/mol. The highest BCUT2D eigenvalue weighted by Gasteiger charge is 2.51. The summed E-state index contributed by atoms with van der Waals surface area (Å²) in [6, 6.07) is 1.87. The maximum absolute atomic E-state index is 13.3. The highest BCUT2D eigenvalue weighted by atomic mass is 79.9. The number of carbonyl (C=O) groups excluding carboxylic acids is 1. The number of carbonyl (C=O) groups is 1. The Kier molecular flexibility index (Phi) is 5.03. The minimum Gasteiger partial charge on any atom is -0.395 e. The van der Waals surface area contributed by atoms with E-state index >= 15 is 0 Å². The molecule has 0 radical (unpaired) electrons. The van der Waals surface area contributed by atoms with Crippen LogP contribution in [-0.2, 0) is 16.1 Å². The summed E-state index contributed by atoms with van der Waals surface area (Å²) >= 11 is 3.57. The first-order valence-corrected chi connectivity index (χ1v) is 10.1. The first-order chi connectivity index (χ1) is 12.7. The number of aromatic nitrogens is 2. The summed E-state index contributed by atoms with van der Waals surface area (Å²) in [4.78, 5) is 17.7. The number of rotatable bonds is 5. The van der Waals surface area contributed by atoms with Gasteiger partial charge in [0.25, 0.3) is 0 Å². The third kappa shape index (κ3) is 2.96. The van der Waals surface area contributed by atoms with Crippen molar-refractivity contribution in [3.63, 3.8) is 0 Å². The summed E-state index contributed by atoms with van der Waals surface area (Å²) in [7, 11) is 0. The third-order valence-corrected chi connectivity index (χ3v) is 6.51. The molecule has 7 heteroatoms. The lowest BCUT2D eigenvalue weighted by molar-refractivity contribution is -0.172. The van der Waals surface area contributed by atoms with Crippen molar-refractivity contribution >= 4 is 38.6 Å². The van der Waals surface area contributed by atoms with Crippen LogP contribution in [0.2, 0.25) is 0 Å². The van der Waals surface area contributed by atoms with Gasteiger partial charge in [-0.15, -0.1) is 0 Å². The number of ether oxygens (including phenoxy) is 1. The number of nitrogens with zero attached hydrogens (tertiary/aromatic N) is 2. The van der Waals surface area contributed by atoms with E-state index in [1.54, 1.807) is 6.20 Å². The first-order valence-electron chi connectivity index (χ1n) is 9.29. The topological polar surface area (TPSA) is 76.4 Å². The van der Waals surface area contributed by atoms with Crippen molar-refractivity contribution in [3.05, 3.63) is 22.9 Å². The number of halogens is 1. The van der Waals surface area contributed by atoms with Crippen LogP contribution in [-0.4, -0.2) is 40.4 Å². The zero-order valence-corrected chi connectivity index (χ0v) is 16.3. The molecule has 2 aliphatic rings. The Balaban J connectivity index is 1.65. The summed E-state index contributed by atoms with van der Waals surface area (Å²) in [6.45, 7) is 1.48. The van der Waals surface area contributed by atoms with Gasteiger partial charge in [-0.05, 0) is 40.8 Å². The molecule has 1 amide bonds. The number of fused-ring (bicyclic) bond motifs is 1. The van der Waals surface area contributed by atoms with Crippen LogP contribution in [0.15, 0.2) is 22.9 Å². The molecule has 0 unspecified atom stereocenters. The van der Waals surface area contributed by atoms with E-state index in [0.717, 1.165) is 34.0 Å². The van der Waals surface area contributed by atoms with Crippen molar-refractivity contribution in [2.24, 2.45) is 11.3 Å². The quantitative estimate of drug-likeness (QED) is 0.775. The molecule has 1 aliphatic heterocycles. The molecule has 2 aromatic rings. The minimum absolute atomic E-state index is 0.0191. The molecule has 0 spiro atoms. The Bertz CT molecular complexity index is 810. The molecule has 2 fully saturated rings. The van der Waals surface area contributed by atoms with Crippen molar-refractivity contribution in [1.82, 2.24) is 9.55 Å². The van der Waals surface area contributed by atoms with Crippen molar-refractivity contribution in [2.75, 3.05) is 25.1 Å². The predicted octanol–water partition coefficient (Wildman–Crippen LogP) is 3.33. The van der Waals surface area contributed by atoms with Crippen LogP contribution in [0.3, 0.4) is 0 Å². The average molecular weight is 422 g/mol. The van der Waals surface area contributed by atoms with E-state index in [1.807, 2.05) is 16.8 Å². The molecular formula is C19H24BrN3O3. The van der Waals surface area contributed by atoms with Crippen molar-refractivity contribution in [2.45, 2.75) is 38.6 Å². The smallest absolute Gasteiger partial charge is 0.235 e. The molecule has 1 saturated heterocycles. The minimum atomic E-state index is -0.402. The maximum Gasteiger partial charge on any atom is 0.235 e. The molecule has 0 bridgehead atoms. The highest BCUT2D eigenvalue weighted by Crippen LogP contribution is 2.45. The predicted molar refractivity (Wildman–Crippen MR) is 103 cm³/mol. The van der Waals surface area contributed by atoms with Crippen molar-refractivity contribution in [3.8, 4) is 0 Å². The van der Waals surface area contributed by atoms with Crippen molar-refractivity contribution in [1.29, 1.82) is 0 Å². The van der Waals surface area contributed by atoms with E-state index in [0.29, 0.717) is 25.7 Å². The van der Waals surface area contributed by atoms with Crippen LogP contribution in [0.5, 0.6) is 0 Å². The number of amides is 1. The zero-order valence-electron chi connectivity index (χ0n) is 14.7. The lowest BCUT2D eigenvalue weighted by Gasteiger charge is -2.47. The normalized spacial score (nSPS) is 20.1. The molecule has 6 nitrogen and oxygen atoms in total. The van der Waals surface area contributed by atoms with Gasteiger partial charge in [-0.1, -0.05) is 19.3 Å². The van der Waals surface area contributed by atoms with Gasteiger partial charge in [-0.3, -0.25) is 4.79 Å². The third-order valence-electron chi connectivity index (χ3n) is 5.85. The van der Waals surface area contributed by atoms with Gasteiger partial charge in [0.15, 0.2) is 0 Å². The zero-order chi connectivity index (χ0) is 18.1. The molecule has 2 N–H and O–H groups in total. The lowest BCUT2D eigenvalue weighted by Crippen LogP contribution is -2.56. The van der Waals surface area contributed by atoms with E-state index in [1.165, 1.54) is 19.3 Å². The van der Waals surface area contributed by atoms with Gasteiger partial charge < -0.3 is 19.7 Å². The molecule has 1 aliphatic carbocycles. The molecule has 140 valence electrons. The van der Waals surface area contributed by atoms with E-state index in [9.17, 15) is 9.90 Å². The second kappa shape index (κ2) is 7.29. The van der Waals surface area contributed by atoms with E-state index < -0.39 is 5.41 Å². The van der Waals surface area contributed by atoms with Gasteiger partial charge in [0.2, 0.25) is 5.91 Å². The van der Waals surface area contributed by atoms with Crippen LogP contribution in [0.25, 0.3) is 11.0 Å². The average Bonchev–Trinajstić information content (AvgIpc) is 2.94. The summed E-state index contributed by atoms with van der Waals surface area (Å²) in [5, 5.41) is 13.3. The summed E-state index contributed by atoms with van der Waals surface area (Å²) in [5.74, 6) is 0.451. The van der Waals surface area contributed by atoms with Crippen LogP contribution in [0.1, 0.15) is 32.1 Å².